The molecule has 0 spiro atoms. The zero-order valence-electron chi connectivity index (χ0n) is 8.12. The summed E-state index contributed by atoms with van der Waals surface area (Å²) < 4.78 is 0.902. The number of hydrogen-bond donors (Lipinski definition) is 1. The third kappa shape index (κ3) is 1.98. The van der Waals surface area contributed by atoms with Crippen molar-refractivity contribution >= 4 is 15.9 Å². The van der Waals surface area contributed by atoms with Gasteiger partial charge in [-0.2, -0.15) is 0 Å². The summed E-state index contributed by atoms with van der Waals surface area (Å²) in [6, 6.07) is 4.18. The molecule has 0 aliphatic heterocycles. The molecule has 0 unspecified atom stereocenters. The molecule has 0 bridgehead atoms. The van der Waals surface area contributed by atoms with Crippen molar-refractivity contribution in [1.29, 1.82) is 0 Å². The first kappa shape index (κ1) is 10.1. The molecule has 0 saturated heterocycles. The number of hydrogen-bond acceptors (Lipinski definition) is 2. The van der Waals surface area contributed by atoms with Crippen LogP contribution in [-0.4, -0.2) is 4.98 Å². The van der Waals surface area contributed by atoms with Crippen LogP contribution >= 0.6 is 15.9 Å². The van der Waals surface area contributed by atoms with Crippen LogP contribution in [-0.2, 0) is 0 Å². The fourth-order valence-electron chi connectivity index (χ4n) is 2.22. The normalized spacial score (nSPS) is 19.9. The Morgan fingerprint density at radius 3 is 2.79 bits per heavy atom. The number of aromatic nitrogens is 1. The molecule has 0 radical (unpaired) electrons. The highest BCUT2D eigenvalue weighted by atomic mass is 79.9. The van der Waals surface area contributed by atoms with E-state index in [-0.39, 0.29) is 6.04 Å². The number of nitrogens with zero attached hydrogens (tertiary/aromatic N) is 1. The quantitative estimate of drug-likeness (QED) is 0.825. The fraction of sp³-hybridized carbons (Fsp3) is 0.545. The van der Waals surface area contributed by atoms with Gasteiger partial charge in [-0.3, -0.25) is 0 Å². The molecule has 1 atom stereocenters. The van der Waals surface area contributed by atoms with Crippen molar-refractivity contribution in [3.63, 3.8) is 0 Å². The molecule has 2 rings (SSSR count). The van der Waals surface area contributed by atoms with Crippen LogP contribution in [0.25, 0.3) is 0 Å². The van der Waals surface area contributed by atoms with Gasteiger partial charge in [0.1, 0.15) is 4.60 Å². The van der Waals surface area contributed by atoms with Crippen LogP contribution in [0.3, 0.4) is 0 Å². The summed E-state index contributed by atoms with van der Waals surface area (Å²) in [5.41, 5.74) is 7.38. The Balaban J connectivity index is 2.17. The topological polar surface area (TPSA) is 38.9 Å². The second-order valence-corrected chi connectivity index (χ2v) is 4.70. The summed E-state index contributed by atoms with van der Waals surface area (Å²) in [4.78, 5) is 4.21. The van der Waals surface area contributed by atoms with Crippen molar-refractivity contribution in [2.45, 2.75) is 31.7 Å². The second kappa shape index (κ2) is 4.41. The summed E-state index contributed by atoms with van der Waals surface area (Å²) in [5, 5.41) is 0. The Bertz CT molecular complexity index is 308. The molecule has 1 aromatic heterocycles. The van der Waals surface area contributed by atoms with Crippen molar-refractivity contribution in [3.8, 4) is 0 Å². The van der Waals surface area contributed by atoms with Gasteiger partial charge in [-0.05, 0) is 40.8 Å². The van der Waals surface area contributed by atoms with Gasteiger partial charge in [0.25, 0.3) is 0 Å². The van der Waals surface area contributed by atoms with Crippen LogP contribution in [0.1, 0.15) is 37.3 Å². The average molecular weight is 255 g/mol. The maximum atomic E-state index is 6.23. The van der Waals surface area contributed by atoms with Crippen molar-refractivity contribution in [3.05, 3.63) is 28.5 Å². The van der Waals surface area contributed by atoms with Gasteiger partial charge < -0.3 is 5.73 Å². The lowest BCUT2D eigenvalue weighted by Gasteiger charge is -2.19. The molecule has 14 heavy (non-hydrogen) atoms. The van der Waals surface area contributed by atoms with Crippen LogP contribution < -0.4 is 5.73 Å². The summed E-state index contributed by atoms with van der Waals surface area (Å²) in [6.07, 6.45) is 6.98. The minimum absolute atomic E-state index is 0.153. The maximum Gasteiger partial charge on any atom is 0.110 e. The van der Waals surface area contributed by atoms with E-state index < -0.39 is 0 Å². The first-order valence-corrected chi connectivity index (χ1v) is 5.94. The van der Waals surface area contributed by atoms with E-state index in [9.17, 15) is 0 Å². The van der Waals surface area contributed by atoms with Crippen molar-refractivity contribution in [2.24, 2.45) is 11.7 Å². The van der Waals surface area contributed by atoms with Gasteiger partial charge in [-0.25, -0.2) is 4.98 Å². The van der Waals surface area contributed by atoms with Crippen molar-refractivity contribution in [1.82, 2.24) is 4.98 Å². The molecule has 1 aliphatic rings. The number of rotatable bonds is 2. The molecule has 0 aromatic carbocycles. The van der Waals surface area contributed by atoms with Gasteiger partial charge in [0.05, 0.1) is 0 Å². The molecule has 3 heteroatoms. The Morgan fingerprint density at radius 2 is 2.14 bits per heavy atom. The molecular weight excluding hydrogens is 240 g/mol. The number of nitrogens with two attached hydrogens (primary N) is 1. The van der Waals surface area contributed by atoms with Crippen LogP contribution in [0.5, 0.6) is 0 Å². The standard InChI is InChI=1S/C11H15BrN2/c12-11-9(6-3-7-14-11)10(13)8-4-1-2-5-8/h3,6-8,10H,1-2,4-5,13H2/t10-/m1/s1. The summed E-state index contributed by atoms with van der Waals surface area (Å²) in [7, 11) is 0. The molecule has 1 aliphatic carbocycles. The van der Waals surface area contributed by atoms with Crippen LogP contribution in [0.15, 0.2) is 22.9 Å². The first-order chi connectivity index (χ1) is 6.79. The average Bonchev–Trinajstić information content (AvgIpc) is 2.70. The van der Waals surface area contributed by atoms with E-state index >= 15 is 0 Å². The SMILES string of the molecule is N[C@@H](c1cccnc1Br)C1CCCC1. The molecule has 1 heterocycles. The van der Waals surface area contributed by atoms with E-state index in [0.29, 0.717) is 5.92 Å². The maximum absolute atomic E-state index is 6.23. The Kier molecular flexibility index (Phi) is 3.19. The Labute approximate surface area is 93.0 Å². The fourth-order valence-corrected chi connectivity index (χ4v) is 2.73. The number of halogens is 1. The van der Waals surface area contributed by atoms with Crippen LogP contribution in [0, 0.1) is 5.92 Å². The molecular formula is C11H15BrN2. The summed E-state index contributed by atoms with van der Waals surface area (Å²) in [5.74, 6) is 0.649. The lowest BCUT2D eigenvalue weighted by Crippen LogP contribution is -2.19. The highest BCUT2D eigenvalue weighted by Crippen LogP contribution is 2.35. The Hall–Kier alpha value is -0.410. The van der Waals surface area contributed by atoms with Gasteiger partial charge in [-0.1, -0.05) is 18.9 Å². The molecule has 2 N–H and O–H groups in total. The third-order valence-corrected chi connectivity index (χ3v) is 3.72. The molecule has 2 nitrogen and oxygen atoms in total. The third-order valence-electron chi connectivity index (χ3n) is 3.05. The van der Waals surface area contributed by atoms with Gasteiger partial charge in [0, 0.05) is 17.8 Å². The van der Waals surface area contributed by atoms with Crippen molar-refractivity contribution in [2.75, 3.05) is 0 Å². The largest absolute Gasteiger partial charge is 0.324 e. The summed E-state index contributed by atoms with van der Waals surface area (Å²) in [6.45, 7) is 0. The van der Waals surface area contributed by atoms with Gasteiger partial charge >= 0.3 is 0 Å². The van der Waals surface area contributed by atoms with E-state index in [1.807, 2.05) is 6.07 Å². The number of pyridine rings is 1. The van der Waals surface area contributed by atoms with Gasteiger partial charge in [0.15, 0.2) is 0 Å². The zero-order valence-corrected chi connectivity index (χ0v) is 9.70. The van der Waals surface area contributed by atoms with Crippen molar-refractivity contribution < 1.29 is 0 Å². The smallest absolute Gasteiger partial charge is 0.110 e. The zero-order chi connectivity index (χ0) is 9.97. The lowest BCUT2D eigenvalue weighted by atomic mass is 9.94. The van der Waals surface area contributed by atoms with E-state index in [4.69, 9.17) is 5.73 Å². The van der Waals surface area contributed by atoms with E-state index in [0.717, 1.165) is 10.2 Å². The van der Waals surface area contributed by atoms with E-state index in [2.05, 4.69) is 27.0 Å². The van der Waals surface area contributed by atoms with Gasteiger partial charge in [0.2, 0.25) is 0 Å². The minimum Gasteiger partial charge on any atom is -0.324 e. The van der Waals surface area contributed by atoms with E-state index in [1.54, 1.807) is 6.20 Å². The highest BCUT2D eigenvalue weighted by Gasteiger charge is 2.24. The minimum atomic E-state index is 0.153. The first-order valence-electron chi connectivity index (χ1n) is 5.15. The monoisotopic (exact) mass is 254 g/mol. The predicted molar refractivity (Wildman–Crippen MR) is 60.8 cm³/mol. The second-order valence-electron chi connectivity index (χ2n) is 3.95. The molecule has 76 valence electrons. The Morgan fingerprint density at radius 1 is 1.43 bits per heavy atom. The summed E-state index contributed by atoms with van der Waals surface area (Å²) >= 11 is 3.45. The molecule has 1 aromatic rings. The van der Waals surface area contributed by atoms with Gasteiger partial charge in [-0.15, -0.1) is 0 Å². The highest BCUT2D eigenvalue weighted by molar-refractivity contribution is 9.10. The predicted octanol–water partition coefficient (Wildman–Crippen LogP) is 3.03. The molecule has 1 saturated carbocycles. The lowest BCUT2D eigenvalue weighted by molar-refractivity contribution is 0.442. The molecule has 0 amide bonds. The van der Waals surface area contributed by atoms with Crippen LogP contribution in [0.4, 0.5) is 0 Å². The molecule has 1 fully saturated rings. The van der Waals surface area contributed by atoms with Crippen LogP contribution in [0.2, 0.25) is 0 Å². The van der Waals surface area contributed by atoms with E-state index in [1.165, 1.54) is 25.7 Å².